The minimum absolute atomic E-state index is 0.0970. The molecule has 0 bridgehead atoms. The maximum Gasteiger partial charge on any atom is 0.272 e. The van der Waals surface area contributed by atoms with Crippen molar-refractivity contribution in [2.24, 2.45) is 15.9 Å². The topological polar surface area (TPSA) is 71.3 Å². The lowest BCUT2D eigenvalue weighted by Crippen LogP contribution is -2.30. The van der Waals surface area contributed by atoms with Gasteiger partial charge in [0, 0.05) is 29.8 Å². The maximum atomic E-state index is 12.6. The summed E-state index contributed by atoms with van der Waals surface area (Å²) in [5, 5.41) is 0. The van der Waals surface area contributed by atoms with E-state index in [0.29, 0.717) is 16.7 Å². The van der Waals surface area contributed by atoms with E-state index in [1.807, 2.05) is 0 Å². The Morgan fingerprint density at radius 2 is 2.07 bits per heavy atom. The molecule has 158 valence electrons. The van der Waals surface area contributed by atoms with Crippen molar-refractivity contribution in [2.45, 2.75) is 27.2 Å². The van der Waals surface area contributed by atoms with Gasteiger partial charge in [-0.1, -0.05) is 26.5 Å². The number of carbonyl (C=O) groups excluding carboxylic acids is 2. The summed E-state index contributed by atoms with van der Waals surface area (Å²) in [7, 11) is 0. The molecule has 29 heavy (non-hydrogen) atoms. The van der Waals surface area contributed by atoms with E-state index in [2.05, 4.69) is 23.3 Å². The second-order valence-electron chi connectivity index (χ2n) is 6.62. The Labute approximate surface area is 170 Å². The molecule has 1 heterocycles. The van der Waals surface area contributed by atoms with E-state index in [9.17, 15) is 18.4 Å². The van der Waals surface area contributed by atoms with Crippen LogP contribution in [0.3, 0.4) is 0 Å². The van der Waals surface area contributed by atoms with Crippen molar-refractivity contribution in [3.8, 4) is 0 Å². The molecule has 0 aromatic carbocycles. The molecule has 0 atom stereocenters. The second-order valence-corrected chi connectivity index (χ2v) is 6.62. The number of carbonyl (C=O) groups is 2. The summed E-state index contributed by atoms with van der Waals surface area (Å²) >= 11 is 0. The lowest BCUT2D eigenvalue weighted by atomic mass is 9.98. The first kappa shape index (κ1) is 24.1. The largest absolute Gasteiger partial charge is 0.486 e. The van der Waals surface area contributed by atoms with E-state index in [4.69, 9.17) is 4.74 Å². The minimum atomic E-state index is -2.60. The summed E-state index contributed by atoms with van der Waals surface area (Å²) in [4.78, 5) is 34.3. The summed E-state index contributed by atoms with van der Waals surface area (Å²) in [5.41, 5.74) is 1.32. The minimum Gasteiger partial charge on any atom is -0.486 e. The van der Waals surface area contributed by atoms with Crippen LogP contribution >= 0.6 is 0 Å². The molecule has 1 rings (SSSR count). The number of hydrogen-bond donors (Lipinski definition) is 0. The summed E-state index contributed by atoms with van der Waals surface area (Å²) in [6.07, 6.45) is 3.09. The van der Waals surface area contributed by atoms with Gasteiger partial charge in [0.15, 0.2) is 5.78 Å². The molecule has 0 aromatic rings. The zero-order chi connectivity index (χ0) is 22.0. The molecular weight excluding hydrogens is 380 g/mol. The Bertz CT molecular complexity index is 765. The number of amides is 1. The number of allylic oxidation sites excluding steroid dienone is 3. The molecule has 0 aliphatic carbocycles. The number of aliphatic imine (C=N–C) groups is 2. The number of halogens is 2. The van der Waals surface area contributed by atoms with Crippen molar-refractivity contribution in [1.29, 1.82) is 0 Å². The van der Waals surface area contributed by atoms with Gasteiger partial charge >= 0.3 is 0 Å². The fourth-order valence-corrected chi connectivity index (χ4v) is 2.52. The lowest BCUT2D eigenvalue weighted by Gasteiger charge is -2.15. The number of ether oxygens (including phenoxy) is 1. The number of ketones is 1. The first-order chi connectivity index (χ1) is 13.7. The Hall–Kier alpha value is -2.90. The average Bonchev–Trinajstić information content (AvgIpc) is 2.99. The van der Waals surface area contributed by atoms with Gasteiger partial charge in [0.25, 0.3) is 12.3 Å². The van der Waals surface area contributed by atoms with Crippen LogP contribution in [0.1, 0.15) is 20.8 Å². The molecule has 0 fully saturated rings. The zero-order valence-corrected chi connectivity index (χ0v) is 17.0. The molecule has 8 heteroatoms. The molecule has 0 N–H and O–H groups in total. The highest BCUT2D eigenvalue weighted by atomic mass is 19.3. The van der Waals surface area contributed by atoms with Gasteiger partial charge in [-0.25, -0.2) is 8.78 Å². The Morgan fingerprint density at radius 1 is 1.38 bits per heavy atom. The predicted molar refractivity (Wildman–Crippen MR) is 110 cm³/mol. The fraction of sp³-hybridized carbons (Fsp3) is 0.429. The van der Waals surface area contributed by atoms with Gasteiger partial charge in [-0.2, -0.15) is 0 Å². The number of rotatable bonds is 12. The molecule has 0 unspecified atom stereocenters. The normalized spacial score (nSPS) is 15.8. The standard InChI is InChI=1S/C21H27F2N3O3/c1-6-15(4)18(29-13-19(22)23)11-25-9-10-26-12-17(20(27)14(2)3)16(21(26)28)7-8-24-5/h6-8,11,14,19H,1,5,9-10,12-13H2,2-4H3/b8-7-,18-15+,25-11-. The van der Waals surface area contributed by atoms with Crippen molar-refractivity contribution in [3.05, 3.63) is 47.4 Å². The van der Waals surface area contributed by atoms with Crippen LogP contribution in [0.4, 0.5) is 8.78 Å². The highest BCUT2D eigenvalue weighted by Crippen LogP contribution is 2.23. The fourth-order valence-electron chi connectivity index (χ4n) is 2.52. The highest BCUT2D eigenvalue weighted by molar-refractivity contribution is 6.11. The third kappa shape index (κ3) is 7.21. The molecule has 1 aliphatic heterocycles. The van der Waals surface area contributed by atoms with E-state index < -0.39 is 13.0 Å². The molecule has 1 aliphatic rings. The molecule has 0 spiro atoms. The first-order valence-electron chi connectivity index (χ1n) is 9.16. The third-order valence-corrected chi connectivity index (χ3v) is 4.13. The Kier molecular flexibility index (Phi) is 9.85. The smallest absolute Gasteiger partial charge is 0.272 e. The maximum absolute atomic E-state index is 12.6. The van der Waals surface area contributed by atoms with Crippen LogP contribution in [-0.4, -0.2) is 62.2 Å². The van der Waals surface area contributed by atoms with Crippen molar-refractivity contribution < 1.29 is 23.1 Å². The zero-order valence-electron chi connectivity index (χ0n) is 17.0. The lowest BCUT2D eigenvalue weighted by molar-refractivity contribution is -0.125. The van der Waals surface area contributed by atoms with Crippen LogP contribution in [0.2, 0.25) is 0 Å². The molecule has 0 saturated carbocycles. The van der Waals surface area contributed by atoms with Crippen molar-refractivity contribution in [2.75, 3.05) is 26.2 Å². The molecular formula is C21H27F2N3O3. The van der Waals surface area contributed by atoms with E-state index in [0.717, 1.165) is 0 Å². The second kappa shape index (κ2) is 11.8. The van der Waals surface area contributed by atoms with Gasteiger partial charge in [0.1, 0.15) is 12.4 Å². The van der Waals surface area contributed by atoms with Crippen molar-refractivity contribution in [3.63, 3.8) is 0 Å². The highest BCUT2D eigenvalue weighted by Gasteiger charge is 2.32. The van der Waals surface area contributed by atoms with Crippen LogP contribution in [-0.2, 0) is 14.3 Å². The van der Waals surface area contributed by atoms with E-state index in [-0.39, 0.29) is 43.0 Å². The van der Waals surface area contributed by atoms with Crippen LogP contribution in [0.15, 0.2) is 57.4 Å². The summed E-state index contributed by atoms with van der Waals surface area (Å²) in [5.74, 6) is -0.420. The Balaban J connectivity index is 2.82. The van der Waals surface area contributed by atoms with E-state index in [1.54, 1.807) is 20.8 Å². The average molecular weight is 407 g/mol. The molecule has 0 aromatic heterocycles. The number of hydrogen-bond acceptors (Lipinski definition) is 5. The van der Waals surface area contributed by atoms with Crippen LogP contribution < -0.4 is 0 Å². The quantitative estimate of drug-likeness (QED) is 0.283. The van der Waals surface area contributed by atoms with Crippen molar-refractivity contribution >= 4 is 24.6 Å². The van der Waals surface area contributed by atoms with Gasteiger partial charge < -0.3 is 9.64 Å². The van der Waals surface area contributed by atoms with Crippen LogP contribution in [0.5, 0.6) is 0 Å². The predicted octanol–water partition coefficient (Wildman–Crippen LogP) is 3.38. The molecule has 6 nitrogen and oxygen atoms in total. The molecule has 0 radical (unpaired) electrons. The third-order valence-electron chi connectivity index (χ3n) is 4.13. The van der Waals surface area contributed by atoms with Crippen LogP contribution in [0, 0.1) is 5.92 Å². The number of nitrogens with zero attached hydrogens (tertiary/aromatic N) is 3. The van der Waals surface area contributed by atoms with Gasteiger partial charge in [-0.05, 0) is 25.3 Å². The van der Waals surface area contributed by atoms with Gasteiger partial charge in [0.2, 0.25) is 0 Å². The van der Waals surface area contributed by atoms with Gasteiger partial charge in [-0.15, -0.1) is 0 Å². The number of Topliss-reactive ketones (excluding diaryl/α,β-unsaturated/α-hetero) is 1. The Morgan fingerprint density at radius 3 is 2.62 bits per heavy atom. The molecule has 0 saturated heterocycles. The van der Waals surface area contributed by atoms with E-state index >= 15 is 0 Å². The van der Waals surface area contributed by atoms with Gasteiger partial charge in [-0.3, -0.25) is 19.6 Å². The monoisotopic (exact) mass is 407 g/mol. The van der Waals surface area contributed by atoms with E-state index in [1.165, 1.54) is 29.5 Å². The van der Waals surface area contributed by atoms with Gasteiger partial charge in [0.05, 0.1) is 19.3 Å². The summed E-state index contributed by atoms with van der Waals surface area (Å²) in [6.45, 7) is 12.1. The van der Waals surface area contributed by atoms with Crippen molar-refractivity contribution in [1.82, 2.24) is 4.90 Å². The first-order valence-corrected chi connectivity index (χ1v) is 9.16. The summed E-state index contributed by atoms with van der Waals surface area (Å²) in [6, 6.07) is 0. The number of alkyl halides is 2. The SMILES string of the molecule is C=C/C(C)=C(\C=N/CCN1CC(C(=O)C(C)C)=C(/C=C\N=C)C1=O)OCC(F)F. The van der Waals surface area contributed by atoms with Crippen LogP contribution in [0.25, 0.3) is 0 Å². The molecule has 1 amide bonds. The summed E-state index contributed by atoms with van der Waals surface area (Å²) < 4.78 is 29.8.